The summed E-state index contributed by atoms with van der Waals surface area (Å²) >= 11 is 0. The number of benzene rings is 2. The molecular formula is C21H25N3O3. The summed E-state index contributed by atoms with van der Waals surface area (Å²) in [4.78, 5) is 2.35. The summed E-state index contributed by atoms with van der Waals surface area (Å²) in [6, 6.07) is 14.4. The summed E-state index contributed by atoms with van der Waals surface area (Å²) in [7, 11) is 1.68. The van der Waals surface area contributed by atoms with Crippen molar-refractivity contribution in [1.82, 2.24) is 14.7 Å². The van der Waals surface area contributed by atoms with Gasteiger partial charge in [0.1, 0.15) is 12.4 Å². The lowest BCUT2D eigenvalue weighted by Gasteiger charge is -2.26. The largest absolute Gasteiger partial charge is 0.497 e. The van der Waals surface area contributed by atoms with Crippen molar-refractivity contribution in [2.24, 2.45) is 0 Å². The lowest BCUT2D eigenvalue weighted by Crippen LogP contribution is -2.38. The first kappa shape index (κ1) is 17.8. The Morgan fingerprint density at radius 3 is 2.67 bits per heavy atom. The number of ether oxygens (including phenoxy) is 3. The molecule has 0 radical (unpaired) electrons. The molecule has 0 spiro atoms. The summed E-state index contributed by atoms with van der Waals surface area (Å²) in [6.07, 6.45) is 0. The van der Waals surface area contributed by atoms with Gasteiger partial charge in [-0.15, -0.1) is 5.10 Å². The standard InChI is InChI=1S/C21H25N3O3/c1-16-13-21(27-12-9-23-7-10-26-11-8-23)22-24(16)19-5-3-17-4-6-20(25-2)15-18(17)14-19/h3-6,13-15H,7-12H2,1-2H3. The highest BCUT2D eigenvalue weighted by molar-refractivity contribution is 5.85. The number of aryl methyl sites for hydroxylation is 1. The number of aromatic nitrogens is 2. The normalized spacial score (nSPS) is 15.2. The second-order valence-corrected chi connectivity index (χ2v) is 6.74. The van der Waals surface area contributed by atoms with Gasteiger partial charge in [0.15, 0.2) is 0 Å². The molecule has 4 rings (SSSR count). The van der Waals surface area contributed by atoms with E-state index in [0.717, 1.165) is 55.4 Å². The van der Waals surface area contributed by atoms with Crippen LogP contribution in [0.3, 0.4) is 0 Å². The Morgan fingerprint density at radius 1 is 1.04 bits per heavy atom. The molecule has 6 nitrogen and oxygen atoms in total. The molecule has 27 heavy (non-hydrogen) atoms. The fourth-order valence-corrected chi connectivity index (χ4v) is 3.35. The molecule has 0 unspecified atom stereocenters. The van der Waals surface area contributed by atoms with Crippen molar-refractivity contribution in [2.75, 3.05) is 46.6 Å². The van der Waals surface area contributed by atoms with Crippen LogP contribution < -0.4 is 9.47 Å². The van der Waals surface area contributed by atoms with Crippen LogP contribution in [-0.4, -0.2) is 61.2 Å². The molecule has 0 N–H and O–H groups in total. The Balaban J connectivity index is 1.48. The van der Waals surface area contributed by atoms with E-state index in [0.29, 0.717) is 12.5 Å². The average Bonchev–Trinajstić information content (AvgIpc) is 3.08. The first-order valence-corrected chi connectivity index (χ1v) is 9.31. The van der Waals surface area contributed by atoms with Crippen LogP contribution in [-0.2, 0) is 4.74 Å². The monoisotopic (exact) mass is 367 g/mol. The molecule has 0 bridgehead atoms. The van der Waals surface area contributed by atoms with Crippen molar-refractivity contribution in [2.45, 2.75) is 6.92 Å². The first-order chi connectivity index (χ1) is 13.2. The molecule has 1 fully saturated rings. The molecule has 3 aromatic rings. The SMILES string of the molecule is COc1ccc2ccc(-n3nc(OCCN4CCOCC4)cc3C)cc2c1. The molecule has 0 amide bonds. The van der Waals surface area contributed by atoms with E-state index >= 15 is 0 Å². The molecule has 1 saturated heterocycles. The van der Waals surface area contributed by atoms with Crippen LogP contribution in [0.4, 0.5) is 0 Å². The Hall–Kier alpha value is -2.57. The number of hydrogen-bond donors (Lipinski definition) is 0. The molecule has 0 aliphatic carbocycles. The summed E-state index contributed by atoms with van der Waals surface area (Å²) in [6.45, 7) is 7.11. The van der Waals surface area contributed by atoms with Gasteiger partial charge in [-0.05, 0) is 42.0 Å². The molecule has 0 atom stereocenters. The maximum Gasteiger partial charge on any atom is 0.233 e. The van der Waals surface area contributed by atoms with Gasteiger partial charge in [0.05, 0.1) is 26.0 Å². The summed E-state index contributed by atoms with van der Waals surface area (Å²) in [5.41, 5.74) is 2.05. The van der Waals surface area contributed by atoms with E-state index in [-0.39, 0.29) is 0 Å². The Labute approximate surface area is 159 Å². The van der Waals surface area contributed by atoms with Crippen molar-refractivity contribution in [3.8, 4) is 17.3 Å². The maximum atomic E-state index is 5.88. The van der Waals surface area contributed by atoms with Gasteiger partial charge in [-0.1, -0.05) is 12.1 Å². The van der Waals surface area contributed by atoms with Gasteiger partial charge < -0.3 is 14.2 Å². The third-order valence-electron chi connectivity index (χ3n) is 4.90. The van der Waals surface area contributed by atoms with Crippen molar-refractivity contribution < 1.29 is 14.2 Å². The average molecular weight is 367 g/mol. The fourth-order valence-electron chi connectivity index (χ4n) is 3.35. The van der Waals surface area contributed by atoms with Crippen LogP contribution in [0, 0.1) is 6.92 Å². The van der Waals surface area contributed by atoms with E-state index in [4.69, 9.17) is 14.2 Å². The summed E-state index contributed by atoms with van der Waals surface area (Å²) in [5.74, 6) is 1.51. The van der Waals surface area contributed by atoms with Gasteiger partial charge >= 0.3 is 0 Å². The highest BCUT2D eigenvalue weighted by Gasteiger charge is 2.12. The van der Waals surface area contributed by atoms with Crippen molar-refractivity contribution in [3.63, 3.8) is 0 Å². The molecule has 2 aromatic carbocycles. The number of methoxy groups -OCH3 is 1. The van der Waals surface area contributed by atoms with Gasteiger partial charge in [0, 0.05) is 31.4 Å². The quantitative estimate of drug-likeness (QED) is 0.670. The minimum absolute atomic E-state index is 0.630. The highest BCUT2D eigenvalue weighted by Crippen LogP contribution is 2.25. The Kier molecular flexibility index (Phi) is 5.27. The second-order valence-electron chi connectivity index (χ2n) is 6.74. The topological polar surface area (TPSA) is 48.8 Å². The summed E-state index contributed by atoms with van der Waals surface area (Å²) < 4.78 is 18.5. The van der Waals surface area contributed by atoms with Crippen LogP contribution in [0.2, 0.25) is 0 Å². The van der Waals surface area contributed by atoms with E-state index in [9.17, 15) is 0 Å². The molecule has 1 aliphatic rings. The smallest absolute Gasteiger partial charge is 0.233 e. The third-order valence-corrected chi connectivity index (χ3v) is 4.90. The van der Waals surface area contributed by atoms with Gasteiger partial charge in [0.25, 0.3) is 0 Å². The van der Waals surface area contributed by atoms with E-state index in [2.05, 4.69) is 34.3 Å². The fraction of sp³-hybridized carbons (Fsp3) is 0.381. The van der Waals surface area contributed by atoms with Crippen LogP contribution in [0.1, 0.15) is 5.69 Å². The van der Waals surface area contributed by atoms with Crippen molar-refractivity contribution in [1.29, 1.82) is 0 Å². The molecule has 2 heterocycles. The van der Waals surface area contributed by atoms with Crippen LogP contribution in [0.15, 0.2) is 42.5 Å². The number of fused-ring (bicyclic) bond motifs is 1. The predicted molar refractivity (Wildman–Crippen MR) is 105 cm³/mol. The maximum absolute atomic E-state index is 5.88. The zero-order valence-electron chi connectivity index (χ0n) is 15.9. The number of rotatable bonds is 6. The number of nitrogens with zero attached hydrogens (tertiary/aromatic N) is 3. The van der Waals surface area contributed by atoms with E-state index in [1.807, 2.05) is 29.8 Å². The van der Waals surface area contributed by atoms with Gasteiger partial charge in [-0.25, -0.2) is 4.68 Å². The van der Waals surface area contributed by atoms with Gasteiger partial charge in [-0.3, -0.25) is 4.90 Å². The lowest BCUT2D eigenvalue weighted by atomic mass is 10.1. The van der Waals surface area contributed by atoms with Crippen LogP contribution >= 0.6 is 0 Å². The van der Waals surface area contributed by atoms with Gasteiger partial charge in [-0.2, -0.15) is 0 Å². The van der Waals surface area contributed by atoms with Crippen LogP contribution in [0.5, 0.6) is 11.6 Å². The van der Waals surface area contributed by atoms with Crippen molar-refractivity contribution in [3.05, 3.63) is 48.2 Å². The predicted octanol–water partition coefficient (Wildman–Crippen LogP) is 3.05. The van der Waals surface area contributed by atoms with Gasteiger partial charge in [0.2, 0.25) is 5.88 Å². The van der Waals surface area contributed by atoms with E-state index < -0.39 is 0 Å². The van der Waals surface area contributed by atoms with Crippen molar-refractivity contribution >= 4 is 10.8 Å². The summed E-state index contributed by atoms with van der Waals surface area (Å²) in [5, 5.41) is 6.93. The number of morpholine rings is 1. The second kappa shape index (κ2) is 7.98. The zero-order valence-corrected chi connectivity index (χ0v) is 15.9. The van der Waals surface area contributed by atoms with E-state index in [1.54, 1.807) is 7.11 Å². The molecule has 142 valence electrons. The molecule has 6 heteroatoms. The first-order valence-electron chi connectivity index (χ1n) is 9.31. The molecular weight excluding hydrogens is 342 g/mol. The number of hydrogen-bond acceptors (Lipinski definition) is 5. The third kappa shape index (κ3) is 4.07. The Morgan fingerprint density at radius 2 is 1.85 bits per heavy atom. The minimum Gasteiger partial charge on any atom is -0.497 e. The highest BCUT2D eigenvalue weighted by atomic mass is 16.5. The lowest BCUT2D eigenvalue weighted by molar-refractivity contribution is 0.0320. The zero-order chi connectivity index (χ0) is 18.6. The molecule has 1 aliphatic heterocycles. The van der Waals surface area contributed by atoms with E-state index in [1.165, 1.54) is 5.39 Å². The molecule has 1 aromatic heterocycles. The molecule has 0 saturated carbocycles. The Bertz CT molecular complexity index is 916. The van der Waals surface area contributed by atoms with Crippen LogP contribution in [0.25, 0.3) is 16.5 Å². The minimum atomic E-state index is 0.630.